The van der Waals surface area contributed by atoms with E-state index in [1.165, 1.54) is 51.1 Å². The monoisotopic (exact) mass is 1200 g/mol. The van der Waals surface area contributed by atoms with Gasteiger partial charge in [-0.1, -0.05) is 211 Å². The van der Waals surface area contributed by atoms with Gasteiger partial charge in [0.05, 0.1) is 11.3 Å². The van der Waals surface area contributed by atoms with Crippen molar-refractivity contribution in [3.63, 3.8) is 0 Å². The highest BCUT2D eigenvalue weighted by molar-refractivity contribution is 8.02. The fourth-order valence-corrected chi connectivity index (χ4v) is 15.4. The van der Waals surface area contributed by atoms with Crippen LogP contribution in [0.1, 0.15) is 50.2 Å². The highest BCUT2D eigenvalue weighted by Crippen LogP contribution is 2.45. The Hall–Kier alpha value is -9.57. The zero-order chi connectivity index (χ0) is 59.0. The summed E-state index contributed by atoms with van der Waals surface area (Å²) in [5.74, 6) is -1.04. The lowest BCUT2D eigenvalue weighted by Crippen LogP contribution is -2.71. The molecule has 0 aliphatic carbocycles. The molecule has 0 bridgehead atoms. The summed E-state index contributed by atoms with van der Waals surface area (Å²) in [4.78, 5) is 72.2. The SMILES string of the molecule is COc1ccc(COC(=O)C2=C(CSc3sc4ccccc4c(=O)c3C#N)CS[C@@H]3C(NC(=O)/C(=N\OC(c4ccccc4)(c4ccccc4)c4ccccc4)c4csc(NC(c5ccccc5)(c5ccccc5)c5ccccc5)n4)C(=O)N23)cc1. The largest absolute Gasteiger partial charge is 0.497 e. The molecule has 8 aromatic carbocycles. The number of nitrogens with one attached hydrogen (secondary N) is 2. The van der Waals surface area contributed by atoms with Gasteiger partial charge in [-0.2, -0.15) is 5.26 Å². The number of nitrogens with zero attached hydrogens (tertiary/aromatic N) is 4. The minimum Gasteiger partial charge on any atom is -0.497 e. The topological polar surface area (TPSA) is 172 Å². The number of benzene rings is 8. The molecule has 10 aromatic rings. The zero-order valence-electron chi connectivity index (χ0n) is 46.1. The summed E-state index contributed by atoms with van der Waals surface area (Å²) in [6.07, 6.45) is 0. The third kappa shape index (κ3) is 11.1. The number of anilines is 1. The molecular weight excluding hydrogens is 1150 g/mol. The van der Waals surface area contributed by atoms with Crippen molar-refractivity contribution >= 4 is 84.9 Å². The molecule has 13 nitrogen and oxygen atoms in total. The van der Waals surface area contributed by atoms with E-state index in [2.05, 4.69) is 53.1 Å². The van der Waals surface area contributed by atoms with Crippen LogP contribution in [-0.4, -0.2) is 63.4 Å². The highest BCUT2D eigenvalue weighted by atomic mass is 32.2. The van der Waals surface area contributed by atoms with Crippen LogP contribution >= 0.6 is 46.2 Å². The molecule has 0 saturated carbocycles. The molecule has 86 heavy (non-hydrogen) atoms. The van der Waals surface area contributed by atoms with Gasteiger partial charge in [0, 0.05) is 43.7 Å². The fourth-order valence-electron chi connectivity index (χ4n) is 10.8. The average Bonchev–Trinajstić information content (AvgIpc) is 3.08. The smallest absolute Gasteiger partial charge is 0.355 e. The van der Waals surface area contributed by atoms with Crippen molar-refractivity contribution in [2.45, 2.75) is 33.4 Å². The predicted octanol–water partition coefficient (Wildman–Crippen LogP) is 12.9. The number of rotatable bonds is 20. The number of ether oxygens (including phenoxy) is 2. The van der Waals surface area contributed by atoms with Crippen LogP contribution in [-0.2, 0) is 41.7 Å². The van der Waals surface area contributed by atoms with Crippen molar-refractivity contribution in [1.82, 2.24) is 15.2 Å². The number of methoxy groups -OCH3 is 1. The number of esters is 1. The van der Waals surface area contributed by atoms with E-state index in [-0.39, 0.29) is 46.2 Å². The first-order chi connectivity index (χ1) is 42.2. The number of carbonyl (C=O) groups is 3. The number of aromatic nitrogens is 1. The van der Waals surface area contributed by atoms with Gasteiger partial charge in [0.1, 0.15) is 52.3 Å². The summed E-state index contributed by atoms with van der Waals surface area (Å²) in [7, 11) is 1.56. The van der Waals surface area contributed by atoms with Crippen LogP contribution in [0.4, 0.5) is 5.13 Å². The molecule has 0 radical (unpaired) electrons. The Morgan fingerprint density at radius 3 is 1.77 bits per heavy atom. The summed E-state index contributed by atoms with van der Waals surface area (Å²) >= 11 is 5.21. The van der Waals surface area contributed by atoms with Crippen LogP contribution in [0.15, 0.2) is 261 Å². The number of hydrogen-bond acceptors (Lipinski definition) is 15. The second-order valence-corrected chi connectivity index (χ2v) is 24.3. The van der Waals surface area contributed by atoms with E-state index in [1.54, 1.807) is 48.9 Å². The van der Waals surface area contributed by atoms with Crippen molar-refractivity contribution < 1.29 is 28.7 Å². The number of amides is 2. The lowest BCUT2D eigenvalue weighted by molar-refractivity contribution is -0.153. The molecule has 2 aliphatic rings. The van der Waals surface area contributed by atoms with Gasteiger partial charge in [-0.15, -0.1) is 46.2 Å². The molecule has 424 valence electrons. The van der Waals surface area contributed by atoms with E-state index >= 15 is 4.79 Å². The molecule has 2 atom stereocenters. The summed E-state index contributed by atoms with van der Waals surface area (Å²) in [5.41, 5.74) is 3.49. The Morgan fingerprint density at radius 2 is 1.23 bits per heavy atom. The van der Waals surface area contributed by atoms with Crippen LogP contribution in [0, 0.1) is 11.3 Å². The number of oxime groups is 1. The molecule has 2 aromatic heterocycles. The maximum atomic E-state index is 15.6. The van der Waals surface area contributed by atoms with Crippen LogP contribution < -0.4 is 20.8 Å². The first-order valence-corrected chi connectivity index (χ1v) is 31.1. The molecule has 1 fully saturated rings. The van der Waals surface area contributed by atoms with E-state index in [1.807, 2.05) is 158 Å². The van der Waals surface area contributed by atoms with Gasteiger partial charge < -0.3 is 24.9 Å². The van der Waals surface area contributed by atoms with E-state index < -0.39 is 40.3 Å². The van der Waals surface area contributed by atoms with Crippen LogP contribution in [0.25, 0.3) is 10.1 Å². The summed E-state index contributed by atoms with van der Waals surface area (Å²) in [5, 5.41) is 23.8. The lowest BCUT2D eigenvalue weighted by atomic mass is 9.77. The van der Waals surface area contributed by atoms with E-state index in [9.17, 15) is 19.6 Å². The van der Waals surface area contributed by atoms with Gasteiger partial charge in [-0.25, -0.2) is 9.78 Å². The molecule has 2 amide bonds. The fraction of sp³-hybridized carbons (Fsp3) is 0.116. The highest BCUT2D eigenvalue weighted by Gasteiger charge is 2.55. The van der Waals surface area contributed by atoms with E-state index in [0.717, 1.165) is 33.4 Å². The van der Waals surface area contributed by atoms with Gasteiger partial charge in [-0.3, -0.25) is 19.3 Å². The molecule has 2 aliphatic heterocycles. The summed E-state index contributed by atoms with van der Waals surface area (Å²) in [6, 6.07) is 74.4. The molecule has 4 heterocycles. The summed E-state index contributed by atoms with van der Waals surface area (Å²) < 4.78 is 12.5. The van der Waals surface area contributed by atoms with E-state index in [4.69, 9.17) is 24.5 Å². The normalized spacial score (nSPS) is 15.0. The standard InChI is InChI=1S/C69H52N6O7S4/c1-80-53-38-36-45(37-39-53)41-81-65(79)60-46(43-84-66-55(40-70)61(76)54-34-20-21-35-57(54)86-66)42-83-64-59(63(78)75(60)64)72-62(77)58(74-82-69(50-28-14-5-15-29-50,51-30-16-6-17-31-51)52-32-18-7-19-33-52)56-44-85-67(71-56)73-68(47-22-8-2-9-23-47,48-24-10-3-11-25-48)49-26-12-4-13-27-49/h2-39,44,59,64H,41-43H2,1H3,(H,71,73)(H,72,77)/b74-58-/t59?,64-/m1/s1. The van der Waals surface area contributed by atoms with Gasteiger partial charge in [0.2, 0.25) is 11.0 Å². The number of β-lactam (4-membered cyclic amide) rings is 1. The molecule has 0 spiro atoms. The maximum absolute atomic E-state index is 15.6. The molecule has 2 N–H and O–H groups in total. The number of thiazole rings is 1. The lowest BCUT2D eigenvalue weighted by Gasteiger charge is -2.49. The molecule has 1 unspecified atom stereocenters. The van der Waals surface area contributed by atoms with Crippen LogP contribution in [0.3, 0.4) is 0 Å². The molecule has 17 heteroatoms. The van der Waals surface area contributed by atoms with E-state index in [0.29, 0.717) is 36.3 Å². The van der Waals surface area contributed by atoms with Crippen LogP contribution in [0.5, 0.6) is 5.75 Å². The minimum absolute atomic E-state index is 0.00740. The second-order valence-electron chi connectivity index (χ2n) is 20.0. The van der Waals surface area contributed by atoms with Gasteiger partial charge in [0.15, 0.2) is 10.8 Å². The number of fused-ring (bicyclic) bond motifs is 2. The third-order valence-electron chi connectivity index (χ3n) is 15.0. The first kappa shape index (κ1) is 56.9. The van der Waals surface area contributed by atoms with Crippen molar-refractivity contribution in [3.05, 3.63) is 308 Å². The molecule has 12 rings (SSSR count). The number of thioether (sulfide) groups is 2. The number of carbonyl (C=O) groups excluding carboxylic acids is 3. The first-order valence-electron chi connectivity index (χ1n) is 27.4. The van der Waals surface area contributed by atoms with Crippen molar-refractivity contribution in [2.75, 3.05) is 23.9 Å². The van der Waals surface area contributed by atoms with Gasteiger partial charge >= 0.3 is 5.97 Å². The Balaban J connectivity index is 0.923. The molecule has 1 saturated heterocycles. The zero-order valence-corrected chi connectivity index (χ0v) is 49.3. The molecular formula is C69H52N6O7S4. The van der Waals surface area contributed by atoms with Crippen LogP contribution in [0.2, 0.25) is 0 Å². The van der Waals surface area contributed by atoms with Crippen molar-refractivity contribution in [2.24, 2.45) is 5.16 Å². The average molecular weight is 1210 g/mol. The number of nitriles is 1. The van der Waals surface area contributed by atoms with Crippen molar-refractivity contribution in [3.8, 4) is 11.8 Å². The summed E-state index contributed by atoms with van der Waals surface area (Å²) in [6.45, 7) is -0.110. The van der Waals surface area contributed by atoms with Gasteiger partial charge in [-0.05, 0) is 52.1 Å². The Kier molecular flexibility index (Phi) is 16.8. The predicted molar refractivity (Wildman–Crippen MR) is 340 cm³/mol. The Bertz CT molecular complexity index is 4070. The quantitative estimate of drug-likeness (QED) is 0.0185. The number of hydrogen-bond donors (Lipinski definition) is 2. The third-order valence-corrected chi connectivity index (χ3v) is 19.6. The Labute approximate surface area is 512 Å². The Morgan fingerprint density at radius 1 is 0.709 bits per heavy atom. The maximum Gasteiger partial charge on any atom is 0.355 e. The minimum atomic E-state index is -1.41. The van der Waals surface area contributed by atoms with Crippen molar-refractivity contribution in [1.29, 1.82) is 5.26 Å². The second kappa shape index (κ2) is 25.3. The van der Waals surface area contributed by atoms with Gasteiger partial charge in [0.25, 0.3) is 11.8 Å².